The van der Waals surface area contributed by atoms with Crippen molar-refractivity contribution in [2.45, 2.75) is 25.3 Å². The molecule has 0 spiro atoms. The van der Waals surface area contributed by atoms with E-state index >= 15 is 0 Å². The number of ether oxygens (including phenoxy) is 1. The fourth-order valence-electron chi connectivity index (χ4n) is 2.38. The second kappa shape index (κ2) is 11.2. The van der Waals surface area contributed by atoms with Crippen LogP contribution in [0.15, 0.2) is 45.9 Å². The Labute approximate surface area is 184 Å². The summed E-state index contributed by atoms with van der Waals surface area (Å²) in [6, 6.07) is 6.61. The number of esters is 1. The number of hydrogen-bond donors (Lipinski definition) is 3. The Morgan fingerprint density at radius 1 is 1.25 bits per heavy atom. The molecule has 0 radical (unpaired) electrons. The van der Waals surface area contributed by atoms with Crippen LogP contribution < -0.4 is 15.4 Å². The predicted octanol–water partition coefficient (Wildman–Crippen LogP) is 1.39. The second-order valence-corrected chi connectivity index (χ2v) is 8.82. The van der Waals surface area contributed by atoms with Gasteiger partial charge in [-0.2, -0.15) is 4.72 Å². The van der Waals surface area contributed by atoms with Crippen molar-refractivity contribution in [3.8, 4) is 0 Å². The highest BCUT2D eigenvalue weighted by atomic mass is 32.2. The minimum Gasteiger partial charge on any atom is -0.467 e. The number of carbonyl (C=O) groups is 2. The van der Waals surface area contributed by atoms with Gasteiger partial charge in [0.2, 0.25) is 10.0 Å². The number of amides is 1. The first-order valence-corrected chi connectivity index (χ1v) is 11.0. The summed E-state index contributed by atoms with van der Waals surface area (Å²) in [5.41, 5.74) is -0.374. The van der Waals surface area contributed by atoms with Crippen molar-refractivity contribution >= 4 is 33.3 Å². The van der Waals surface area contributed by atoms with Crippen molar-refractivity contribution in [3.05, 3.63) is 52.5 Å². The van der Waals surface area contributed by atoms with Gasteiger partial charge in [0.05, 0.1) is 22.6 Å². The Kier molecular flexibility index (Phi) is 8.72. The number of nitrogens with one attached hydrogen (secondary N) is 3. The minimum atomic E-state index is -4.25. The molecule has 0 aliphatic rings. The first-order valence-electron chi connectivity index (χ1n) is 9.55. The quantitative estimate of drug-likeness (QED) is 0.237. The SMILES string of the molecule is CC(C)CNC(=O)COC(=O)CNS(=O)(=O)c1ccc(NCc2ccco2)c([N+](=O)[O-])c1. The minimum absolute atomic E-state index is 0.0946. The first kappa shape index (κ1) is 24.8. The Balaban J connectivity index is 1.97. The number of benzene rings is 1. The summed E-state index contributed by atoms with van der Waals surface area (Å²) in [6.07, 6.45) is 1.45. The highest BCUT2D eigenvalue weighted by Crippen LogP contribution is 2.28. The third-order valence-electron chi connectivity index (χ3n) is 3.99. The lowest BCUT2D eigenvalue weighted by atomic mass is 10.2. The Morgan fingerprint density at radius 3 is 2.62 bits per heavy atom. The van der Waals surface area contributed by atoms with Gasteiger partial charge in [-0.05, 0) is 30.2 Å². The highest BCUT2D eigenvalue weighted by Gasteiger charge is 2.22. The number of hydrogen-bond acceptors (Lipinski definition) is 9. The molecular weight excluding hydrogens is 444 g/mol. The molecule has 0 bridgehead atoms. The van der Waals surface area contributed by atoms with Crippen molar-refractivity contribution < 1.29 is 32.1 Å². The molecular formula is C19H24N4O8S. The maximum absolute atomic E-state index is 12.4. The lowest BCUT2D eigenvalue weighted by molar-refractivity contribution is -0.384. The van der Waals surface area contributed by atoms with Crippen LogP contribution in [-0.4, -0.2) is 44.9 Å². The van der Waals surface area contributed by atoms with Gasteiger partial charge in [-0.25, -0.2) is 8.42 Å². The van der Waals surface area contributed by atoms with E-state index in [1.807, 2.05) is 18.6 Å². The molecule has 1 aromatic heterocycles. The number of nitrogens with zero attached hydrogens (tertiary/aromatic N) is 1. The van der Waals surface area contributed by atoms with Crippen LogP contribution in [0, 0.1) is 16.0 Å². The van der Waals surface area contributed by atoms with Crippen molar-refractivity contribution in [2.24, 2.45) is 5.92 Å². The van der Waals surface area contributed by atoms with Crippen LogP contribution in [0.2, 0.25) is 0 Å². The number of furan rings is 1. The van der Waals surface area contributed by atoms with Crippen molar-refractivity contribution in [1.29, 1.82) is 0 Å². The zero-order valence-corrected chi connectivity index (χ0v) is 18.3. The van der Waals surface area contributed by atoms with E-state index in [0.717, 1.165) is 12.1 Å². The van der Waals surface area contributed by atoms with Gasteiger partial charge in [-0.15, -0.1) is 0 Å². The standard InChI is InChI=1S/C19H24N4O8S/c1-13(2)9-21-18(24)12-31-19(25)11-22-32(28,29)15-5-6-16(17(8-15)23(26)27)20-10-14-4-3-7-30-14/h3-8,13,20,22H,9-12H2,1-2H3,(H,21,24). The molecule has 0 saturated carbocycles. The topological polar surface area (TPSA) is 170 Å². The lowest BCUT2D eigenvalue weighted by Gasteiger charge is -2.10. The molecule has 2 aromatic rings. The number of sulfonamides is 1. The van der Waals surface area contributed by atoms with Crippen LogP contribution in [0.25, 0.3) is 0 Å². The van der Waals surface area contributed by atoms with Gasteiger partial charge in [0, 0.05) is 12.6 Å². The van der Waals surface area contributed by atoms with Gasteiger partial charge in [-0.3, -0.25) is 19.7 Å². The van der Waals surface area contributed by atoms with Gasteiger partial charge in [0.15, 0.2) is 6.61 Å². The number of nitro groups is 1. The van der Waals surface area contributed by atoms with Gasteiger partial charge < -0.3 is 19.8 Å². The smallest absolute Gasteiger partial charge is 0.321 e. The van der Waals surface area contributed by atoms with Crippen LogP contribution in [0.1, 0.15) is 19.6 Å². The molecule has 12 nitrogen and oxygen atoms in total. The van der Waals surface area contributed by atoms with Crippen LogP contribution in [0.4, 0.5) is 11.4 Å². The molecule has 174 valence electrons. The summed E-state index contributed by atoms with van der Waals surface area (Å²) in [5, 5.41) is 16.7. The van der Waals surface area contributed by atoms with E-state index in [-0.39, 0.29) is 18.2 Å². The van der Waals surface area contributed by atoms with E-state index < -0.39 is 50.6 Å². The molecule has 0 aliphatic carbocycles. The summed E-state index contributed by atoms with van der Waals surface area (Å²) in [6.45, 7) is 3.07. The Morgan fingerprint density at radius 2 is 2.00 bits per heavy atom. The molecule has 1 aromatic carbocycles. The highest BCUT2D eigenvalue weighted by molar-refractivity contribution is 7.89. The molecule has 32 heavy (non-hydrogen) atoms. The van der Waals surface area contributed by atoms with Crippen molar-refractivity contribution in [2.75, 3.05) is 25.0 Å². The van der Waals surface area contributed by atoms with Crippen LogP contribution in [0.3, 0.4) is 0 Å². The molecule has 0 atom stereocenters. The van der Waals surface area contributed by atoms with Crippen molar-refractivity contribution in [3.63, 3.8) is 0 Å². The fourth-order valence-corrected chi connectivity index (χ4v) is 3.37. The molecule has 13 heteroatoms. The van der Waals surface area contributed by atoms with E-state index in [1.54, 1.807) is 12.1 Å². The predicted molar refractivity (Wildman–Crippen MR) is 113 cm³/mol. The van der Waals surface area contributed by atoms with E-state index in [1.165, 1.54) is 12.3 Å². The molecule has 2 rings (SSSR count). The van der Waals surface area contributed by atoms with E-state index in [9.17, 15) is 28.1 Å². The van der Waals surface area contributed by atoms with Gasteiger partial charge in [0.1, 0.15) is 18.0 Å². The first-order chi connectivity index (χ1) is 15.1. The third kappa shape index (κ3) is 7.67. The largest absolute Gasteiger partial charge is 0.467 e. The summed E-state index contributed by atoms with van der Waals surface area (Å²) >= 11 is 0. The van der Waals surface area contributed by atoms with Gasteiger partial charge in [-0.1, -0.05) is 13.8 Å². The zero-order chi connectivity index (χ0) is 23.7. The average molecular weight is 468 g/mol. The molecule has 3 N–H and O–H groups in total. The van der Waals surface area contributed by atoms with Crippen LogP contribution in [-0.2, 0) is 30.9 Å². The number of rotatable bonds is 12. The van der Waals surface area contributed by atoms with Crippen LogP contribution >= 0.6 is 0 Å². The summed E-state index contributed by atoms with van der Waals surface area (Å²) in [4.78, 5) is 33.5. The third-order valence-corrected chi connectivity index (χ3v) is 5.39. The number of anilines is 1. The number of nitro benzene ring substituents is 1. The van der Waals surface area contributed by atoms with E-state index in [4.69, 9.17) is 9.15 Å². The van der Waals surface area contributed by atoms with E-state index in [0.29, 0.717) is 12.3 Å². The lowest BCUT2D eigenvalue weighted by Crippen LogP contribution is -2.35. The van der Waals surface area contributed by atoms with E-state index in [2.05, 4.69) is 10.6 Å². The van der Waals surface area contributed by atoms with Crippen LogP contribution in [0.5, 0.6) is 0 Å². The van der Waals surface area contributed by atoms with Crippen molar-refractivity contribution in [1.82, 2.24) is 10.0 Å². The van der Waals surface area contributed by atoms with Gasteiger partial charge in [0.25, 0.3) is 11.6 Å². The summed E-state index contributed by atoms with van der Waals surface area (Å²) in [7, 11) is -4.25. The fraction of sp³-hybridized carbons (Fsp3) is 0.368. The Bertz CT molecular complexity index is 1050. The normalized spacial score (nSPS) is 11.2. The zero-order valence-electron chi connectivity index (χ0n) is 17.5. The monoisotopic (exact) mass is 468 g/mol. The molecule has 1 heterocycles. The number of carbonyl (C=O) groups excluding carboxylic acids is 2. The Hall–Kier alpha value is -3.45. The molecule has 0 saturated heterocycles. The summed E-state index contributed by atoms with van der Waals surface area (Å²) in [5.74, 6) is -0.728. The van der Waals surface area contributed by atoms with Gasteiger partial charge >= 0.3 is 5.97 Å². The molecule has 0 fully saturated rings. The summed E-state index contributed by atoms with van der Waals surface area (Å²) < 4.78 is 36.7. The molecule has 0 unspecified atom stereocenters. The maximum atomic E-state index is 12.4. The maximum Gasteiger partial charge on any atom is 0.321 e. The average Bonchev–Trinajstić information content (AvgIpc) is 3.26. The molecule has 1 amide bonds. The second-order valence-electron chi connectivity index (χ2n) is 7.05. The molecule has 0 aliphatic heterocycles.